The molecule has 6 nitrogen and oxygen atoms in total. The van der Waals surface area contributed by atoms with Gasteiger partial charge in [-0.1, -0.05) is 31.5 Å². The minimum atomic E-state index is -4.77. The van der Waals surface area contributed by atoms with Crippen LogP contribution in [-0.4, -0.2) is 59.5 Å². The van der Waals surface area contributed by atoms with E-state index in [0.29, 0.717) is 23.8 Å². The highest BCUT2D eigenvalue weighted by Crippen LogP contribution is 2.34. The van der Waals surface area contributed by atoms with Gasteiger partial charge in [-0.2, -0.15) is 18.3 Å². The lowest BCUT2D eigenvalue weighted by molar-refractivity contribution is -0.143. The molecule has 2 aromatic rings. The SMILES string of the molecule is CC(C)CC(CNC(=O)c1cnn(-c2cccc(Cl)c2)c1C(F)(F)F)N1CCOCC1. The average Bonchev–Trinajstić information content (AvgIpc) is 3.17. The first-order valence-corrected chi connectivity index (χ1v) is 10.6. The molecular formula is C21H26ClF3N4O2. The van der Waals surface area contributed by atoms with E-state index in [4.69, 9.17) is 16.3 Å². The van der Waals surface area contributed by atoms with Crippen molar-refractivity contribution in [2.45, 2.75) is 32.5 Å². The zero-order valence-corrected chi connectivity index (χ0v) is 18.2. The topological polar surface area (TPSA) is 59.4 Å². The van der Waals surface area contributed by atoms with E-state index in [1.54, 1.807) is 6.07 Å². The fraction of sp³-hybridized carbons (Fsp3) is 0.524. The molecule has 0 saturated carbocycles. The summed E-state index contributed by atoms with van der Waals surface area (Å²) in [6.45, 7) is 7.07. The van der Waals surface area contributed by atoms with Crippen LogP contribution in [0.4, 0.5) is 13.2 Å². The molecule has 1 atom stereocenters. The third-order valence-corrected chi connectivity index (χ3v) is 5.37. The van der Waals surface area contributed by atoms with E-state index in [1.165, 1.54) is 18.2 Å². The van der Waals surface area contributed by atoms with Gasteiger partial charge in [0.2, 0.25) is 0 Å². The highest BCUT2D eigenvalue weighted by atomic mass is 35.5. The highest BCUT2D eigenvalue weighted by Gasteiger charge is 2.40. The van der Waals surface area contributed by atoms with Crippen LogP contribution in [0.2, 0.25) is 5.02 Å². The number of carbonyl (C=O) groups is 1. The molecule has 3 rings (SSSR count). The second-order valence-corrected chi connectivity index (χ2v) is 8.37. The summed E-state index contributed by atoms with van der Waals surface area (Å²) in [6, 6.07) is 5.91. The summed E-state index contributed by atoms with van der Waals surface area (Å²) in [7, 11) is 0. The first-order chi connectivity index (χ1) is 14.7. The van der Waals surface area contributed by atoms with Crippen LogP contribution in [0.1, 0.15) is 36.3 Å². The van der Waals surface area contributed by atoms with Crippen molar-refractivity contribution in [2.75, 3.05) is 32.8 Å². The molecular weight excluding hydrogens is 433 g/mol. The molecule has 1 aromatic heterocycles. The number of carbonyl (C=O) groups excluding carboxylic acids is 1. The van der Waals surface area contributed by atoms with Gasteiger partial charge >= 0.3 is 6.18 Å². The summed E-state index contributed by atoms with van der Waals surface area (Å²) >= 11 is 5.92. The molecule has 1 fully saturated rings. The molecule has 1 aliphatic rings. The standard InChI is InChI=1S/C21H26ClF3N4O2/c1-14(2)10-17(28-6-8-31-9-7-28)12-26-20(30)18-13-27-29(19(18)21(23,24)25)16-5-3-4-15(22)11-16/h3-5,11,13-14,17H,6-10,12H2,1-2H3,(H,26,30). The maximum Gasteiger partial charge on any atom is 0.434 e. The first kappa shape index (κ1) is 23.6. The van der Waals surface area contributed by atoms with E-state index in [9.17, 15) is 18.0 Å². The molecule has 10 heteroatoms. The molecule has 1 unspecified atom stereocenters. The van der Waals surface area contributed by atoms with E-state index < -0.39 is 23.3 Å². The number of hydrogen-bond acceptors (Lipinski definition) is 4. The third kappa shape index (κ3) is 5.99. The Labute approximate surface area is 184 Å². The van der Waals surface area contributed by atoms with Gasteiger partial charge in [0.1, 0.15) is 0 Å². The lowest BCUT2D eigenvalue weighted by Gasteiger charge is -2.35. The normalized spacial score (nSPS) is 16.5. The van der Waals surface area contributed by atoms with Gasteiger partial charge in [0.15, 0.2) is 5.69 Å². The summed E-state index contributed by atoms with van der Waals surface area (Å²) in [5.41, 5.74) is -1.51. The van der Waals surface area contributed by atoms with Crippen molar-refractivity contribution in [3.05, 3.63) is 46.7 Å². The number of hydrogen-bond donors (Lipinski definition) is 1. The van der Waals surface area contributed by atoms with Gasteiger partial charge in [-0.25, -0.2) is 4.68 Å². The molecule has 31 heavy (non-hydrogen) atoms. The number of benzene rings is 1. The van der Waals surface area contributed by atoms with Crippen LogP contribution in [0.25, 0.3) is 5.69 Å². The molecule has 1 saturated heterocycles. The van der Waals surface area contributed by atoms with E-state index in [-0.39, 0.29) is 23.3 Å². The molecule has 1 aromatic carbocycles. The highest BCUT2D eigenvalue weighted by molar-refractivity contribution is 6.30. The number of amides is 1. The van der Waals surface area contributed by atoms with Crippen molar-refractivity contribution in [3.63, 3.8) is 0 Å². The Balaban J connectivity index is 1.82. The van der Waals surface area contributed by atoms with E-state index in [1.807, 2.05) is 0 Å². The second-order valence-electron chi connectivity index (χ2n) is 7.94. The van der Waals surface area contributed by atoms with Crippen molar-refractivity contribution < 1.29 is 22.7 Å². The summed E-state index contributed by atoms with van der Waals surface area (Å²) < 4.78 is 47.6. The number of halogens is 4. The Morgan fingerprint density at radius 1 is 1.29 bits per heavy atom. The lowest BCUT2D eigenvalue weighted by atomic mass is 10.0. The number of morpholine rings is 1. The quantitative estimate of drug-likeness (QED) is 0.680. The number of ether oxygens (including phenoxy) is 1. The Bertz CT molecular complexity index is 895. The molecule has 2 heterocycles. The molecule has 1 aliphatic heterocycles. The Morgan fingerprint density at radius 3 is 2.61 bits per heavy atom. The van der Waals surface area contributed by atoms with Crippen LogP contribution < -0.4 is 5.32 Å². The monoisotopic (exact) mass is 458 g/mol. The van der Waals surface area contributed by atoms with Crippen molar-refractivity contribution in [3.8, 4) is 5.69 Å². The number of nitrogens with one attached hydrogen (secondary N) is 1. The van der Waals surface area contributed by atoms with Gasteiger partial charge in [0.25, 0.3) is 5.91 Å². The predicted molar refractivity (Wildman–Crippen MR) is 112 cm³/mol. The molecule has 0 spiro atoms. The van der Waals surface area contributed by atoms with E-state index in [2.05, 4.69) is 29.2 Å². The van der Waals surface area contributed by atoms with E-state index >= 15 is 0 Å². The molecule has 0 aliphatic carbocycles. The fourth-order valence-electron chi connectivity index (χ4n) is 3.75. The number of rotatable bonds is 7. The molecule has 170 valence electrons. The zero-order chi connectivity index (χ0) is 22.6. The van der Waals surface area contributed by atoms with Crippen LogP contribution >= 0.6 is 11.6 Å². The third-order valence-electron chi connectivity index (χ3n) is 5.14. The largest absolute Gasteiger partial charge is 0.434 e. The maximum absolute atomic E-state index is 13.9. The van der Waals surface area contributed by atoms with Gasteiger partial charge in [-0.15, -0.1) is 0 Å². The van der Waals surface area contributed by atoms with Crippen LogP contribution in [0.15, 0.2) is 30.5 Å². The van der Waals surface area contributed by atoms with Gasteiger partial charge in [0.05, 0.1) is 30.7 Å². The average molecular weight is 459 g/mol. The summed E-state index contributed by atoms with van der Waals surface area (Å²) in [5.74, 6) is -0.427. The molecule has 1 N–H and O–H groups in total. The Hall–Kier alpha value is -2.10. The molecule has 1 amide bonds. The first-order valence-electron chi connectivity index (χ1n) is 10.2. The summed E-state index contributed by atoms with van der Waals surface area (Å²) in [6.07, 6.45) is -3.01. The van der Waals surface area contributed by atoms with Crippen molar-refractivity contribution in [1.82, 2.24) is 20.0 Å². The van der Waals surface area contributed by atoms with Crippen molar-refractivity contribution >= 4 is 17.5 Å². The van der Waals surface area contributed by atoms with Crippen LogP contribution in [0.5, 0.6) is 0 Å². The van der Waals surface area contributed by atoms with Gasteiger partial charge in [-0.05, 0) is 30.5 Å². The van der Waals surface area contributed by atoms with Crippen LogP contribution in [-0.2, 0) is 10.9 Å². The van der Waals surface area contributed by atoms with Crippen molar-refractivity contribution in [1.29, 1.82) is 0 Å². The minimum absolute atomic E-state index is 0.0187. The number of nitrogens with zero attached hydrogens (tertiary/aromatic N) is 3. The minimum Gasteiger partial charge on any atom is -0.379 e. The summed E-state index contributed by atoms with van der Waals surface area (Å²) in [5, 5.41) is 6.79. The van der Waals surface area contributed by atoms with Crippen molar-refractivity contribution in [2.24, 2.45) is 5.92 Å². The molecule has 0 bridgehead atoms. The van der Waals surface area contributed by atoms with Gasteiger partial charge < -0.3 is 10.1 Å². The second kappa shape index (κ2) is 10.0. The summed E-state index contributed by atoms with van der Waals surface area (Å²) in [4.78, 5) is 15.0. The van der Waals surface area contributed by atoms with E-state index in [0.717, 1.165) is 25.7 Å². The van der Waals surface area contributed by atoms with Gasteiger partial charge in [0, 0.05) is 30.7 Å². The zero-order valence-electron chi connectivity index (χ0n) is 17.5. The Morgan fingerprint density at radius 2 is 2.00 bits per heavy atom. The van der Waals surface area contributed by atoms with Gasteiger partial charge in [-0.3, -0.25) is 9.69 Å². The predicted octanol–water partition coefficient (Wildman–Crippen LogP) is 4.02. The lowest BCUT2D eigenvalue weighted by Crippen LogP contribution is -2.49. The molecule has 0 radical (unpaired) electrons. The number of alkyl halides is 3. The smallest absolute Gasteiger partial charge is 0.379 e. The Kier molecular flexibility index (Phi) is 7.61. The van der Waals surface area contributed by atoms with Crippen LogP contribution in [0, 0.1) is 5.92 Å². The van der Waals surface area contributed by atoms with Crippen LogP contribution in [0.3, 0.4) is 0 Å². The maximum atomic E-state index is 13.9. The number of aromatic nitrogens is 2. The fourth-order valence-corrected chi connectivity index (χ4v) is 3.93.